The first-order valence-corrected chi connectivity index (χ1v) is 4.51. The van der Waals surface area contributed by atoms with Crippen molar-refractivity contribution in [2.45, 2.75) is 0 Å². The summed E-state index contributed by atoms with van der Waals surface area (Å²) in [5.74, 6) is -0.356. The molecule has 0 amide bonds. The number of rotatable bonds is 1. The summed E-state index contributed by atoms with van der Waals surface area (Å²) in [6.07, 6.45) is 0. The quantitative estimate of drug-likeness (QED) is 0.747. The van der Waals surface area contributed by atoms with Crippen LogP contribution in [0, 0.1) is 0 Å². The number of fused-ring (bicyclic) bond motifs is 1. The van der Waals surface area contributed by atoms with Gasteiger partial charge in [0.1, 0.15) is 0 Å². The van der Waals surface area contributed by atoms with E-state index in [0.717, 1.165) is 0 Å². The average Bonchev–Trinajstić information content (AvgIpc) is 2.59. The molecule has 1 heterocycles. The first-order chi connectivity index (χ1) is 6.61. The smallest absolute Gasteiger partial charge is 0.337 e. The number of anilines is 1. The standard InChI is InChI=1S/C8H6BrNO4/c9-4-1-3(8(11)12)5(10)7-6(4)13-2-14-7/h1H,2,10H2,(H,11,12). The van der Waals surface area contributed by atoms with Gasteiger partial charge in [-0.05, 0) is 22.0 Å². The lowest BCUT2D eigenvalue weighted by atomic mass is 10.1. The molecule has 3 N–H and O–H groups in total. The van der Waals surface area contributed by atoms with Gasteiger partial charge in [0.25, 0.3) is 0 Å². The third-order valence-electron chi connectivity index (χ3n) is 1.87. The number of benzene rings is 1. The zero-order valence-electron chi connectivity index (χ0n) is 6.91. The molecular weight excluding hydrogens is 254 g/mol. The normalized spacial score (nSPS) is 12.9. The molecule has 0 spiro atoms. The van der Waals surface area contributed by atoms with Gasteiger partial charge in [-0.2, -0.15) is 0 Å². The van der Waals surface area contributed by atoms with Gasteiger partial charge >= 0.3 is 5.97 Å². The number of halogens is 1. The molecule has 74 valence electrons. The van der Waals surface area contributed by atoms with Crippen LogP contribution in [-0.4, -0.2) is 17.9 Å². The van der Waals surface area contributed by atoms with Crippen molar-refractivity contribution >= 4 is 27.6 Å². The van der Waals surface area contributed by atoms with Crippen LogP contribution in [0.2, 0.25) is 0 Å². The van der Waals surface area contributed by atoms with Crippen LogP contribution < -0.4 is 15.2 Å². The molecule has 5 nitrogen and oxygen atoms in total. The van der Waals surface area contributed by atoms with Crippen LogP contribution in [0.25, 0.3) is 0 Å². The van der Waals surface area contributed by atoms with Gasteiger partial charge in [0, 0.05) is 0 Å². The maximum Gasteiger partial charge on any atom is 0.337 e. The van der Waals surface area contributed by atoms with Crippen molar-refractivity contribution in [2.24, 2.45) is 0 Å². The number of carboxylic acid groups (broad SMARTS) is 1. The van der Waals surface area contributed by atoms with Gasteiger partial charge in [-0.25, -0.2) is 4.79 Å². The highest BCUT2D eigenvalue weighted by Crippen LogP contribution is 2.45. The average molecular weight is 260 g/mol. The SMILES string of the molecule is Nc1c(C(=O)O)cc(Br)c2c1OCO2. The minimum absolute atomic E-state index is 0.00104. The van der Waals surface area contributed by atoms with Crippen LogP contribution in [0.5, 0.6) is 11.5 Å². The van der Waals surface area contributed by atoms with Crippen molar-refractivity contribution in [1.29, 1.82) is 0 Å². The van der Waals surface area contributed by atoms with E-state index in [2.05, 4.69) is 15.9 Å². The molecule has 1 aromatic carbocycles. The predicted octanol–water partition coefficient (Wildman–Crippen LogP) is 1.46. The van der Waals surface area contributed by atoms with Gasteiger partial charge in [0.2, 0.25) is 6.79 Å². The predicted molar refractivity (Wildman–Crippen MR) is 51.6 cm³/mol. The zero-order valence-corrected chi connectivity index (χ0v) is 8.50. The largest absolute Gasteiger partial charge is 0.478 e. The minimum Gasteiger partial charge on any atom is -0.478 e. The molecule has 0 radical (unpaired) electrons. The molecule has 2 rings (SSSR count). The molecule has 1 aliphatic heterocycles. The van der Waals surface area contributed by atoms with Crippen molar-refractivity contribution in [3.8, 4) is 11.5 Å². The third kappa shape index (κ3) is 1.19. The number of hydrogen-bond acceptors (Lipinski definition) is 4. The molecule has 14 heavy (non-hydrogen) atoms. The Morgan fingerprint density at radius 2 is 2.14 bits per heavy atom. The molecule has 0 fully saturated rings. The molecule has 0 aromatic heterocycles. The second-order valence-electron chi connectivity index (χ2n) is 2.69. The Bertz CT molecular complexity index is 418. The Balaban J connectivity index is 2.68. The highest BCUT2D eigenvalue weighted by molar-refractivity contribution is 9.10. The van der Waals surface area contributed by atoms with Gasteiger partial charge < -0.3 is 20.3 Å². The number of carbonyl (C=O) groups is 1. The highest BCUT2D eigenvalue weighted by atomic mass is 79.9. The molecule has 0 unspecified atom stereocenters. The van der Waals surface area contributed by atoms with E-state index in [1.54, 1.807) is 0 Å². The van der Waals surface area contributed by atoms with Gasteiger partial charge in [-0.3, -0.25) is 0 Å². The second-order valence-corrected chi connectivity index (χ2v) is 3.54. The lowest BCUT2D eigenvalue weighted by Gasteiger charge is -2.05. The van der Waals surface area contributed by atoms with E-state index in [-0.39, 0.29) is 23.8 Å². The number of hydrogen-bond donors (Lipinski definition) is 2. The summed E-state index contributed by atoms with van der Waals surface area (Å²) in [6, 6.07) is 1.39. The molecule has 6 heteroatoms. The molecule has 1 aliphatic rings. The summed E-state index contributed by atoms with van der Waals surface area (Å²) < 4.78 is 10.7. The Morgan fingerprint density at radius 1 is 1.50 bits per heavy atom. The topological polar surface area (TPSA) is 81.8 Å². The first kappa shape index (κ1) is 9.14. The molecule has 0 bridgehead atoms. The number of carboxylic acids is 1. The zero-order chi connectivity index (χ0) is 10.3. The van der Waals surface area contributed by atoms with Crippen LogP contribution in [0.3, 0.4) is 0 Å². The second kappa shape index (κ2) is 3.06. The van der Waals surface area contributed by atoms with Gasteiger partial charge in [0.05, 0.1) is 15.7 Å². The van der Waals surface area contributed by atoms with Crippen molar-refractivity contribution in [3.63, 3.8) is 0 Å². The summed E-state index contributed by atoms with van der Waals surface area (Å²) in [5.41, 5.74) is 5.69. The molecular formula is C8H6BrNO4. The Morgan fingerprint density at radius 3 is 2.79 bits per heavy atom. The monoisotopic (exact) mass is 259 g/mol. The van der Waals surface area contributed by atoms with Crippen LogP contribution in [0.15, 0.2) is 10.5 Å². The fourth-order valence-corrected chi connectivity index (χ4v) is 1.75. The lowest BCUT2D eigenvalue weighted by molar-refractivity contribution is 0.0697. The van der Waals surface area contributed by atoms with Crippen LogP contribution >= 0.6 is 15.9 Å². The molecule has 0 atom stereocenters. The third-order valence-corrected chi connectivity index (χ3v) is 2.45. The van der Waals surface area contributed by atoms with Crippen molar-refractivity contribution in [1.82, 2.24) is 0 Å². The van der Waals surface area contributed by atoms with Crippen LogP contribution in [0.1, 0.15) is 10.4 Å². The van der Waals surface area contributed by atoms with Gasteiger partial charge in [0.15, 0.2) is 11.5 Å². The molecule has 0 aliphatic carbocycles. The molecule has 0 saturated carbocycles. The first-order valence-electron chi connectivity index (χ1n) is 3.72. The maximum atomic E-state index is 10.8. The van der Waals surface area contributed by atoms with Crippen molar-refractivity contribution in [2.75, 3.05) is 12.5 Å². The number of aromatic carboxylic acids is 1. The molecule has 0 saturated heterocycles. The van der Waals surface area contributed by atoms with Gasteiger partial charge in [-0.15, -0.1) is 0 Å². The van der Waals surface area contributed by atoms with E-state index in [1.807, 2.05) is 0 Å². The summed E-state index contributed by atoms with van der Waals surface area (Å²) >= 11 is 3.18. The maximum absolute atomic E-state index is 10.8. The number of nitrogens with two attached hydrogens (primary N) is 1. The minimum atomic E-state index is -1.10. The van der Waals surface area contributed by atoms with E-state index in [9.17, 15) is 4.79 Å². The van der Waals surface area contributed by atoms with E-state index in [0.29, 0.717) is 10.2 Å². The Kier molecular flexibility index (Phi) is 1.99. The fraction of sp³-hybridized carbons (Fsp3) is 0.125. The van der Waals surface area contributed by atoms with E-state index < -0.39 is 5.97 Å². The van der Waals surface area contributed by atoms with E-state index >= 15 is 0 Å². The van der Waals surface area contributed by atoms with Crippen LogP contribution in [0.4, 0.5) is 5.69 Å². The fourth-order valence-electron chi connectivity index (χ4n) is 1.23. The Hall–Kier alpha value is -1.43. The highest BCUT2D eigenvalue weighted by Gasteiger charge is 2.25. The van der Waals surface area contributed by atoms with Crippen molar-refractivity contribution in [3.05, 3.63) is 16.1 Å². The Labute approximate surface area is 87.5 Å². The summed E-state index contributed by atoms with van der Waals surface area (Å²) in [6.45, 7) is 0.0568. The van der Waals surface area contributed by atoms with E-state index in [1.165, 1.54) is 6.07 Å². The van der Waals surface area contributed by atoms with E-state index in [4.69, 9.17) is 20.3 Å². The summed E-state index contributed by atoms with van der Waals surface area (Å²) in [5, 5.41) is 8.82. The van der Waals surface area contributed by atoms with Crippen LogP contribution in [-0.2, 0) is 0 Å². The number of ether oxygens (including phenoxy) is 2. The lowest BCUT2D eigenvalue weighted by Crippen LogP contribution is -2.03. The molecule has 1 aromatic rings. The summed E-state index contributed by atoms with van der Waals surface area (Å²) in [7, 11) is 0. The number of nitrogen functional groups attached to an aromatic ring is 1. The summed E-state index contributed by atoms with van der Waals surface area (Å²) in [4.78, 5) is 10.8. The van der Waals surface area contributed by atoms with Gasteiger partial charge in [-0.1, -0.05) is 0 Å². The van der Waals surface area contributed by atoms with Crippen molar-refractivity contribution < 1.29 is 19.4 Å².